The molecule has 0 saturated heterocycles. The maximum absolute atomic E-state index is 9.64. The van der Waals surface area contributed by atoms with E-state index in [0.717, 1.165) is 6.92 Å². The lowest BCUT2D eigenvalue weighted by atomic mass is 10.3. The fraction of sp³-hybridized carbons (Fsp3) is 0.667. The molecule has 9 heteroatoms. The number of hydrogen-bond acceptors (Lipinski definition) is 6. The van der Waals surface area contributed by atoms with Gasteiger partial charge in [-0.25, -0.2) is 0 Å². The molecule has 0 aliphatic heterocycles. The van der Waals surface area contributed by atoms with Gasteiger partial charge in [0.05, 0.1) is 26.1 Å². The standard InChI is InChI=1S/C4H6O4.C3H8O3.C2H4O2/c5-3(6)1-2-4(7)8;4-1-3(6)2-5;1-2(3)4/h1-2H2,(H,5,6)(H,7,8);3-6H,1-2H2;1H3,(H,3,4). The molecule has 6 N–H and O–H groups in total. The van der Waals surface area contributed by atoms with Gasteiger partial charge in [0, 0.05) is 6.92 Å². The van der Waals surface area contributed by atoms with Crippen molar-refractivity contribution in [3.63, 3.8) is 0 Å². The summed E-state index contributed by atoms with van der Waals surface area (Å²) in [5.74, 6) is -2.99. The molecule has 0 unspecified atom stereocenters. The Kier molecular flexibility index (Phi) is 18.3. The van der Waals surface area contributed by atoms with E-state index in [9.17, 15) is 9.59 Å². The largest absolute Gasteiger partial charge is 0.481 e. The number of aliphatic hydroxyl groups is 3. The van der Waals surface area contributed by atoms with Crippen molar-refractivity contribution in [2.75, 3.05) is 13.2 Å². The predicted octanol–water partition coefficient (Wildman–Crippen LogP) is -1.64. The topological polar surface area (TPSA) is 173 Å². The van der Waals surface area contributed by atoms with Gasteiger partial charge in [0.15, 0.2) is 0 Å². The molecule has 0 aromatic carbocycles. The van der Waals surface area contributed by atoms with Crippen LogP contribution in [0.3, 0.4) is 0 Å². The number of aliphatic carboxylic acids is 3. The van der Waals surface area contributed by atoms with Crippen LogP contribution < -0.4 is 0 Å². The van der Waals surface area contributed by atoms with Crippen LogP contribution in [-0.2, 0) is 14.4 Å². The van der Waals surface area contributed by atoms with Crippen molar-refractivity contribution in [1.82, 2.24) is 0 Å². The van der Waals surface area contributed by atoms with Gasteiger partial charge in [0.25, 0.3) is 5.97 Å². The quantitative estimate of drug-likeness (QED) is 0.342. The van der Waals surface area contributed by atoms with Crippen LogP contribution in [0.15, 0.2) is 0 Å². The minimum Gasteiger partial charge on any atom is -0.481 e. The van der Waals surface area contributed by atoms with Gasteiger partial charge in [-0.3, -0.25) is 14.4 Å². The number of carboxylic acid groups (broad SMARTS) is 3. The van der Waals surface area contributed by atoms with Crippen molar-refractivity contribution in [3.05, 3.63) is 0 Å². The number of hydrogen-bond donors (Lipinski definition) is 6. The average Bonchev–Trinajstić information content (AvgIpc) is 2.25. The van der Waals surface area contributed by atoms with Crippen LogP contribution >= 0.6 is 0 Å². The molecule has 0 bridgehead atoms. The summed E-state index contributed by atoms with van der Waals surface area (Å²) in [4.78, 5) is 28.3. The second-order valence-electron chi connectivity index (χ2n) is 2.83. The Balaban J connectivity index is -0.000000200. The van der Waals surface area contributed by atoms with Gasteiger partial charge in [0.2, 0.25) is 0 Å². The van der Waals surface area contributed by atoms with E-state index in [1.807, 2.05) is 0 Å². The van der Waals surface area contributed by atoms with Crippen LogP contribution in [0.2, 0.25) is 0 Å². The molecular weight excluding hydrogens is 252 g/mol. The van der Waals surface area contributed by atoms with Gasteiger partial charge in [-0.2, -0.15) is 0 Å². The Morgan fingerprint density at radius 2 is 1.11 bits per heavy atom. The molecule has 0 spiro atoms. The van der Waals surface area contributed by atoms with E-state index in [1.54, 1.807) is 0 Å². The molecule has 0 radical (unpaired) electrons. The Labute approximate surface area is 103 Å². The highest BCUT2D eigenvalue weighted by Gasteiger charge is 2.00. The van der Waals surface area contributed by atoms with Crippen LogP contribution in [-0.4, -0.2) is 67.9 Å². The molecule has 0 aromatic rings. The molecule has 0 aliphatic rings. The minimum absolute atomic E-state index is 0.296. The van der Waals surface area contributed by atoms with E-state index in [-0.39, 0.29) is 26.1 Å². The fourth-order valence-electron chi connectivity index (χ4n) is 0.272. The van der Waals surface area contributed by atoms with E-state index in [1.165, 1.54) is 0 Å². The molecule has 18 heavy (non-hydrogen) atoms. The summed E-state index contributed by atoms with van der Waals surface area (Å²) >= 11 is 0. The number of aliphatic hydroxyl groups excluding tert-OH is 3. The Bertz CT molecular complexity index is 216. The molecule has 0 aliphatic carbocycles. The molecule has 0 heterocycles. The zero-order valence-electron chi connectivity index (χ0n) is 9.81. The van der Waals surface area contributed by atoms with Gasteiger partial charge >= 0.3 is 11.9 Å². The molecule has 108 valence electrons. The first-order valence-electron chi connectivity index (χ1n) is 4.70. The Morgan fingerprint density at radius 3 is 1.17 bits per heavy atom. The lowest BCUT2D eigenvalue weighted by Crippen LogP contribution is -2.15. The molecule has 0 saturated carbocycles. The first kappa shape index (κ1) is 21.6. The van der Waals surface area contributed by atoms with E-state index in [0.29, 0.717) is 0 Å². The monoisotopic (exact) mass is 270 g/mol. The first-order valence-corrected chi connectivity index (χ1v) is 4.70. The van der Waals surface area contributed by atoms with Crippen LogP contribution in [0.5, 0.6) is 0 Å². The molecule has 0 amide bonds. The van der Waals surface area contributed by atoms with Crippen LogP contribution in [0.1, 0.15) is 19.8 Å². The van der Waals surface area contributed by atoms with E-state index < -0.39 is 24.0 Å². The van der Waals surface area contributed by atoms with E-state index >= 15 is 0 Å². The molecule has 0 fully saturated rings. The lowest BCUT2D eigenvalue weighted by molar-refractivity contribution is -0.143. The molecule has 0 aromatic heterocycles. The summed E-state index contributed by atoms with van der Waals surface area (Å²) in [5, 5.41) is 47.2. The number of carboxylic acids is 3. The van der Waals surface area contributed by atoms with E-state index in [2.05, 4.69) is 0 Å². The highest BCUT2D eigenvalue weighted by Crippen LogP contribution is 1.86. The van der Waals surface area contributed by atoms with Gasteiger partial charge < -0.3 is 30.6 Å². The maximum Gasteiger partial charge on any atom is 0.303 e. The van der Waals surface area contributed by atoms with Gasteiger partial charge in [0.1, 0.15) is 6.10 Å². The molecule has 0 rings (SSSR count). The second kappa shape index (κ2) is 15.3. The van der Waals surface area contributed by atoms with Crippen molar-refractivity contribution in [2.24, 2.45) is 0 Å². The van der Waals surface area contributed by atoms with Gasteiger partial charge in [-0.05, 0) is 0 Å². The van der Waals surface area contributed by atoms with Crippen molar-refractivity contribution in [3.8, 4) is 0 Å². The highest BCUT2D eigenvalue weighted by molar-refractivity contribution is 5.75. The third-order valence-electron chi connectivity index (χ3n) is 0.974. The van der Waals surface area contributed by atoms with Gasteiger partial charge in [-0.15, -0.1) is 0 Å². The summed E-state index contributed by atoms with van der Waals surface area (Å²) in [7, 11) is 0. The normalized spacial score (nSPS) is 8.50. The van der Waals surface area contributed by atoms with Crippen LogP contribution in [0.25, 0.3) is 0 Å². The molecule has 9 nitrogen and oxygen atoms in total. The van der Waals surface area contributed by atoms with Gasteiger partial charge in [-0.1, -0.05) is 0 Å². The van der Waals surface area contributed by atoms with Crippen molar-refractivity contribution >= 4 is 17.9 Å². The maximum atomic E-state index is 9.64. The zero-order chi connectivity index (χ0) is 15.1. The Morgan fingerprint density at radius 1 is 0.889 bits per heavy atom. The summed E-state index contributed by atoms with van der Waals surface area (Å²) < 4.78 is 0. The number of carbonyl (C=O) groups is 3. The third-order valence-corrected chi connectivity index (χ3v) is 0.974. The highest BCUT2D eigenvalue weighted by atomic mass is 16.4. The number of rotatable bonds is 5. The second-order valence-corrected chi connectivity index (χ2v) is 2.83. The van der Waals surface area contributed by atoms with Crippen molar-refractivity contribution in [2.45, 2.75) is 25.9 Å². The summed E-state index contributed by atoms with van der Waals surface area (Å²) in [6, 6.07) is 0. The smallest absolute Gasteiger partial charge is 0.303 e. The minimum atomic E-state index is -1.08. The van der Waals surface area contributed by atoms with Crippen molar-refractivity contribution in [1.29, 1.82) is 0 Å². The van der Waals surface area contributed by atoms with Crippen LogP contribution in [0, 0.1) is 0 Å². The zero-order valence-corrected chi connectivity index (χ0v) is 9.81. The first-order chi connectivity index (χ1) is 8.17. The van der Waals surface area contributed by atoms with Crippen molar-refractivity contribution < 1.29 is 45.0 Å². The fourth-order valence-corrected chi connectivity index (χ4v) is 0.272. The van der Waals surface area contributed by atoms with E-state index in [4.69, 9.17) is 35.4 Å². The SMILES string of the molecule is CC(=O)O.O=C(O)CCC(=O)O.OCC(O)CO. The van der Waals surface area contributed by atoms with Crippen LogP contribution in [0.4, 0.5) is 0 Å². The summed E-state index contributed by atoms with van der Waals surface area (Å²) in [6.45, 7) is 0.354. The predicted molar refractivity (Wildman–Crippen MR) is 58.0 cm³/mol. The summed E-state index contributed by atoms with van der Waals surface area (Å²) in [6.07, 6.45) is -1.55. The Hall–Kier alpha value is -1.71. The average molecular weight is 270 g/mol. The molecule has 0 atom stereocenters. The third kappa shape index (κ3) is 47.5. The summed E-state index contributed by atoms with van der Waals surface area (Å²) in [5.41, 5.74) is 0. The molecular formula is C9H18O9. The lowest BCUT2D eigenvalue weighted by Gasteiger charge is -1.96.